The van der Waals surface area contributed by atoms with Crippen molar-refractivity contribution < 1.29 is 8.42 Å². The molecule has 0 bridgehead atoms. The summed E-state index contributed by atoms with van der Waals surface area (Å²) in [5.74, 6) is 0. The summed E-state index contributed by atoms with van der Waals surface area (Å²) in [6.07, 6.45) is 3.96. The molecule has 0 atom stereocenters. The van der Waals surface area contributed by atoms with Gasteiger partial charge in [0.15, 0.2) is 0 Å². The zero-order valence-corrected chi connectivity index (χ0v) is 11.3. The van der Waals surface area contributed by atoms with Crippen LogP contribution in [0, 0.1) is 0 Å². The van der Waals surface area contributed by atoms with Gasteiger partial charge < -0.3 is 0 Å². The van der Waals surface area contributed by atoms with Gasteiger partial charge in [0.25, 0.3) is 0 Å². The van der Waals surface area contributed by atoms with E-state index >= 15 is 0 Å². The van der Waals surface area contributed by atoms with Crippen LogP contribution in [0.15, 0.2) is 22.8 Å². The van der Waals surface area contributed by atoms with Crippen LogP contribution >= 0.6 is 15.9 Å². The first-order valence-corrected chi connectivity index (χ1v) is 6.93. The highest BCUT2D eigenvalue weighted by Crippen LogP contribution is 2.32. The summed E-state index contributed by atoms with van der Waals surface area (Å²) in [5, 5.41) is 0. The molecule has 0 saturated carbocycles. The molecule has 1 aromatic heterocycles. The fraction of sp³-hybridized carbons (Fsp3) is 0.300. The molecule has 0 spiro atoms. The Morgan fingerprint density at radius 1 is 1.44 bits per heavy atom. The molecule has 0 saturated heterocycles. The summed E-state index contributed by atoms with van der Waals surface area (Å²) < 4.78 is 26.0. The number of hydrogen-bond donors (Lipinski definition) is 0. The largest absolute Gasteiger partial charge is 0.259 e. The normalized spacial score (nSPS) is 15.1. The second-order valence-electron chi connectivity index (χ2n) is 3.71. The molecule has 2 rings (SSSR count). The van der Waals surface area contributed by atoms with Crippen molar-refractivity contribution in [1.82, 2.24) is 9.29 Å². The minimum atomic E-state index is -3.37. The smallest absolute Gasteiger partial charge is 0.242 e. The lowest BCUT2D eigenvalue weighted by Gasteiger charge is -2.13. The minimum absolute atomic E-state index is 0.348. The van der Waals surface area contributed by atoms with Crippen LogP contribution < -0.4 is 0 Å². The third-order valence-corrected chi connectivity index (χ3v) is 4.78. The quantitative estimate of drug-likeness (QED) is 0.834. The van der Waals surface area contributed by atoms with E-state index in [2.05, 4.69) is 20.9 Å². The predicted molar refractivity (Wildman–Crippen MR) is 66.2 cm³/mol. The van der Waals surface area contributed by atoms with Crippen LogP contribution in [0.5, 0.6) is 0 Å². The predicted octanol–water partition coefficient (Wildman–Crippen LogP) is 1.63. The van der Waals surface area contributed by atoms with Gasteiger partial charge in [-0.2, -0.15) is 0 Å². The van der Waals surface area contributed by atoms with Crippen molar-refractivity contribution in [1.29, 1.82) is 0 Å². The third kappa shape index (κ3) is 1.81. The third-order valence-electron chi connectivity index (χ3n) is 2.44. The summed E-state index contributed by atoms with van der Waals surface area (Å²) in [4.78, 5) is 4.55. The molecule has 1 aliphatic carbocycles. The Morgan fingerprint density at radius 3 is 2.75 bits per heavy atom. The van der Waals surface area contributed by atoms with Gasteiger partial charge in [0.2, 0.25) is 10.0 Å². The summed E-state index contributed by atoms with van der Waals surface area (Å²) >= 11 is 3.30. The van der Waals surface area contributed by atoms with E-state index in [0.29, 0.717) is 16.9 Å². The highest BCUT2D eigenvalue weighted by molar-refractivity contribution is 9.10. The maximum Gasteiger partial charge on any atom is 0.242 e. The van der Waals surface area contributed by atoms with E-state index in [1.54, 1.807) is 18.3 Å². The molecule has 0 N–H and O–H groups in total. The Kier molecular flexibility index (Phi) is 2.90. The summed E-state index contributed by atoms with van der Waals surface area (Å²) in [7, 11) is -0.318. The second kappa shape index (κ2) is 3.94. The molecule has 16 heavy (non-hydrogen) atoms. The molecule has 0 aliphatic heterocycles. The van der Waals surface area contributed by atoms with Crippen molar-refractivity contribution in [2.75, 3.05) is 14.1 Å². The van der Waals surface area contributed by atoms with Gasteiger partial charge in [0.05, 0.1) is 10.6 Å². The number of allylic oxidation sites excluding steroid dienone is 1. The van der Waals surface area contributed by atoms with Crippen molar-refractivity contribution in [3.05, 3.63) is 34.1 Å². The number of sulfonamides is 1. The van der Waals surface area contributed by atoms with Crippen LogP contribution in [-0.2, 0) is 16.4 Å². The molecule has 0 unspecified atom stereocenters. The summed E-state index contributed by atoms with van der Waals surface area (Å²) in [5.41, 5.74) is 1.51. The van der Waals surface area contributed by atoms with Gasteiger partial charge in [0, 0.05) is 36.7 Å². The average Bonchev–Trinajstić information content (AvgIpc) is 2.60. The average molecular weight is 303 g/mol. The zero-order valence-electron chi connectivity index (χ0n) is 8.94. The number of nitrogens with zero attached hydrogens (tertiary/aromatic N) is 2. The Labute approximate surface area is 103 Å². The molecule has 0 fully saturated rings. The fourth-order valence-electron chi connectivity index (χ4n) is 1.58. The standard InChI is InChI=1S/C10H11BrN2O2S/c1-13(2)16(14,15)10-4-3-9-8(10)5-7(11)6-12-9/h4-6H,3H2,1-2H3. The van der Waals surface area contributed by atoms with E-state index in [1.807, 2.05) is 0 Å². The molecular weight excluding hydrogens is 292 g/mol. The summed E-state index contributed by atoms with van der Waals surface area (Å²) in [6, 6.07) is 1.79. The van der Waals surface area contributed by atoms with E-state index in [1.165, 1.54) is 18.4 Å². The molecule has 0 aromatic carbocycles. The number of pyridine rings is 1. The topological polar surface area (TPSA) is 50.3 Å². The van der Waals surface area contributed by atoms with Crippen molar-refractivity contribution in [2.45, 2.75) is 6.42 Å². The van der Waals surface area contributed by atoms with E-state index in [-0.39, 0.29) is 0 Å². The van der Waals surface area contributed by atoms with Crippen LogP contribution in [0.4, 0.5) is 0 Å². The molecule has 4 nitrogen and oxygen atoms in total. The molecule has 1 heterocycles. The first-order chi connectivity index (χ1) is 7.43. The number of halogens is 1. The molecule has 1 aromatic rings. The van der Waals surface area contributed by atoms with Crippen molar-refractivity contribution in [3.63, 3.8) is 0 Å². The van der Waals surface area contributed by atoms with Gasteiger partial charge in [-0.25, -0.2) is 12.7 Å². The first-order valence-electron chi connectivity index (χ1n) is 4.70. The molecule has 0 radical (unpaired) electrons. The van der Waals surface area contributed by atoms with Gasteiger partial charge in [0.1, 0.15) is 0 Å². The lowest BCUT2D eigenvalue weighted by atomic mass is 10.2. The van der Waals surface area contributed by atoms with E-state index in [9.17, 15) is 8.42 Å². The Balaban J connectivity index is 2.55. The highest BCUT2D eigenvalue weighted by Gasteiger charge is 2.28. The monoisotopic (exact) mass is 302 g/mol. The Hall–Kier alpha value is -0.720. The van der Waals surface area contributed by atoms with Crippen LogP contribution in [0.2, 0.25) is 0 Å². The number of fused-ring (bicyclic) bond motifs is 1. The van der Waals surface area contributed by atoms with Gasteiger partial charge >= 0.3 is 0 Å². The number of hydrogen-bond acceptors (Lipinski definition) is 3. The molecule has 0 amide bonds. The van der Waals surface area contributed by atoms with E-state index in [0.717, 1.165) is 10.2 Å². The molecular formula is C10H11BrN2O2S. The van der Waals surface area contributed by atoms with Gasteiger partial charge in [-0.15, -0.1) is 0 Å². The number of rotatable bonds is 2. The highest BCUT2D eigenvalue weighted by atomic mass is 79.9. The minimum Gasteiger partial charge on any atom is -0.259 e. The van der Waals surface area contributed by atoms with E-state index < -0.39 is 10.0 Å². The van der Waals surface area contributed by atoms with Crippen molar-refractivity contribution in [3.8, 4) is 0 Å². The van der Waals surface area contributed by atoms with Crippen LogP contribution in [-0.4, -0.2) is 31.8 Å². The van der Waals surface area contributed by atoms with Crippen LogP contribution in [0.1, 0.15) is 11.3 Å². The Bertz CT molecular complexity index is 564. The first kappa shape index (κ1) is 11.8. The second-order valence-corrected chi connectivity index (χ2v) is 6.74. The molecule has 6 heteroatoms. The van der Waals surface area contributed by atoms with Gasteiger partial charge in [-0.3, -0.25) is 4.98 Å². The molecule has 86 valence electrons. The van der Waals surface area contributed by atoms with Gasteiger partial charge in [-0.1, -0.05) is 6.08 Å². The maximum atomic E-state index is 12.0. The van der Waals surface area contributed by atoms with Crippen LogP contribution in [0.25, 0.3) is 4.91 Å². The van der Waals surface area contributed by atoms with E-state index in [4.69, 9.17) is 0 Å². The van der Waals surface area contributed by atoms with Crippen LogP contribution in [0.3, 0.4) is 0 Å². The van der Waals surface area contributed by atoms with Crippen molar-refractivity contribution in [2.24, 2.45) is 0 Å². The lowest BCUT2D eigenvalue weighted by molar-refractivity contribution is 0.532. The Morgan fingerprint density at radius 2 is 2.12 bits per heavy atom. The zero-order chi connectivity index (χ0) is 11.9. The SMILES string of the molecule is CN(C)S(=O)(=O)C1=CCc2ncc(Br)cc21. The number of aromatic nitrogens is 1. The fourth-order valence-corrected chi connectivity index (χ4v) is 3.06. The van der Waals surface area contributed by atoms with Gasteiger partial charge in [-0.05, 0) is 22.0 Å². The molecule has 1 aliphatic rings. The maximum absolute atomic E-state index is 12.0. The lowest BCUT2D eigenvalue weighted by Crippen LogP contribution is -2.22. The van der Waals surface area contributed by atoms with Crippen molar-refractivity contribution >= 4 is 30.9 Å². The summed E-state index contributed by atoms with van der Waals surface area (Å²) in [6.45, 7) is 0.